The van der Waals surface area contributed by atoms with E-state index < -0.39 is 10.2 Å². The molecule has 0 aliphatic carbocycles. The highest BCUT2D eigenvalue weighted by molar-refractivity contribution is 8.00. The van der Waals surface area contributed by atoms with Crippen LogP contribution in [0.5, 0.6) is 0 Å². The van der Waals surface area contributed by atoms with E-state index in [2.05, 4.69) is 22.0 Å². The summed E-state index contributed by atoms with van der Waals surface area (Å²) in [7, 11) is 0. The number of nitro groups is 1. The molecule has 3 rings (SSSR count). The van der Waals surface area contributed by atoms with Crippen molar-refractivity contribution in [3.8, 4) is 0 Å². The summed E-state index contributed by atoms with van der Waals surface area (Å²) in [6.07, 6.45) is 0. The van der Waals surface area contributed by atoms with Gasteiger partial charge in [-0.1, -0.05) is 6.92 Å². The van der Waals surface area contributed by atoms with Gasteiger partial charge in [0.2, 0.25) is 5.91 Å². The van der Waals surface area contributed by atoms with Gasteiger partial charge in [0.05, 0.1) is 16.2 Å². The Balaban J connectivity index is 1.66. The summed E-state index contributed by atoms with van der Waals surface area (Å²) in [5.41, 5.74) is 1.72. The number of rotatable bonds is 8. The van der Waals surface area contributed by atoms with Crippen LogP contribution in [0.2, 0.25) is 0 Å². The molecule has 1 saturated heterocycles. The summed E-state index contributed by atoms with van der Waals surface area (Å²) in [5, 5.41) is 13.4. The Morgan fingerprint density at radius 1 is 1.16 bits per heavy atom. The fourth-order valence-corrected chi connectivity index (χ4v) is 4.65. The standard InChI is InChI=1S/C23H29FN4O3S/c1-4-26-11-13-27(14-12-26)22-10-5-18(24)15-21(22)16(2)25-23(29)17(3)32-20-8-6-19(7-9-20)28(30)31/h5-10,15-17H,4,11-14H2,1-3H3,(H,25,29). The summed E-state index contributed by atoms with van der Waals surface area (Å²) >= 11 is 1.32. The maximum absolute atomic E-state index is 14.1. The Bertz CT molecular complexity index is 949. The average molecular weight is 461 g/mol. The van der Waals surface area contributed by atoms with Gasteiger partial charge in [-0.25, -0.2) is 4.39 Å². The third-order valence-electron chi connectivity index (χ3n) is 5.70. The van der Waals surface area contributed by atoms with E-state index in [-0.39, 0.29) is 23.5 Å². The van der Waals surface area contributed by atoms with Gasteiger partial charge in [0.15, 0.2) is 0 Å². The van der Waals surface area contributed by atoms with Gasteiger partial charge in [-0.15, -0.1) is 11.8 Å². The maximum Gasteiger partial charge on any atom is 0.269 e. The van der Waals surface area contributed by atoms with E-state index >= 15 is 0 Å². The zero-order chi connectivity index (χ0) is 23.3. The second-order valence-electron chi connectivity index (χ2n) is 7.87. The number of halogens is 1. The number of thioether (sulfide) groups is 1. The molecule has 2 aromatic rings. The molecule has 0 radical (unpaired) electrons. The lowest BCUT2D eigenvalue weighted by atomic mass is 10.0. The normalized spacial score (nSPS) is 16.4. The van der Waals surface area contributed by atoms with E-state index in [4.69, 9.17) is 0 Å². The van der Waals surface area contributed by atoms with E-state index in [1.807, 2.05) is 6.92 Å². The molecule has 0 bridgehead atoms. The molecule has 1 heterocycles. The van der Waals surface area contributed by atoms with Gasteiger partial charge < -0.3 is 15.1 Å². The SMILES string of the molecule is CCN1CCN(c2ccc(F)cc2C(C)NC(=O)C(C)Sc2ccc([N+](=O)[O-])cc2)CC1. The molecule has 0 spiro atoms. The van der Waals surface area contributed by atoms with Crippen LogP contribution in [0.25, 0.3) is 0 Å². The number of carbonyl (C=O) groups excluding carboxylic acids is 1. The number of nitrogens with one attached hydrogen (secondary N) is 1. The minimum Gasteiger partial charge on any atom is -0.369 e. The number of hydrogen-bond donors (Lipinski definition) is 1. The van der Waals surface area contributed by atoms with Gasteiger partial charge in [-0.05, 0) is 50.7 Å². The topological polar surface area (TPSA) is 78.7 Å². The van der Waals surface area contributed by atoms with Crippen molar-refractivity contribution in [1.82, 2.24) is 10.2 Å². The van der Waals surface area contributed by atoms with Crippen LogP contribution >= 0.6 is 11.8 Å². The van der Waals surface area contributed by atoms with Crippen LogP contribution in [0.3, 0.4) is 0 Å². The first-order valence-corrected chi connectivity index (χ1v) is 11.6. The van der Waals surface area contributed by atoms with Crippen LogP contribution < -0.4 is 10.2 Å². The number of likely N-dealkylation sites (N-methyl/N-ethyl adjacent to an activating group) is 1. The fourth-order valence-electron chi connectivity index (χ4n) is 3.78. The molecule has 0 aromatic heterocycles. The lowest BCUT2D eigenvalue weighted by molar-refractivity contribution is -0.384. The van der Waals surface area contributed by atoms with Crippen molar-refractivity contribution in [2.24, 2.45) is 0 Å². The molecule has 2 unspecified atom stereocenters. The van der Waals surface area contributed by atoms with Crippen molar-refractivity contribution >= 4 is 29.0 Å². The number of anilines is 1. The Morgan fingerprint density at radius 2 is 1.81 bits per heavy atom. The number of carbonyl (C=O) groups is 1. The fraction of sp³-hybridized carbons (Fsp3) is 0.435. The third kappa shape index (κ3) is 5.98. The van der Waals surface area contributed by atoms with Gasteiger partial charge in [0.25, 0.3) is 5.69 Å². The Morgan fingerprint density at radius 3 is 2.41 bits per heavy atom. The van der Waals surface area contributed by atoms with E-state index in [0.717, 1.165) is 48.9 Å². The number of nitrogens with zero attached hydrogens (tertiary/aromatic N) is 3. The molecular formula is C23H29FN4O3S. The van der Waals surface area contributed by atoms with Gasteiger partial charge >= 0.3 is 0 Å². The van der Waals surface area contributed by atoms with Crippen LogP contribution in [0.15, 0.2) is 47.4 Å². The number of non-ortho nitro benzene ring substituents is 1. The maximum atomic E-state index is 14.1. The van der Waals surface area contributed by atoms with Gasteiger partial charge in [-0.3, -0.25) is 14.9 Å². The lowest BCUT2D eigenvalue weighted by Crippen LogP contribution is -2.46. The quantitative estimate of drug-likeness (QED) is 0.361. The van der Waals surface area contributed by atoms with E-state index in [1.54, 1.807) is 25.1 Å². The van der Waals surface area contributed by atoms with Crippen LogP contribution in [0.4, 0.5) is 15.8 Å². The molecule has 9 heteroatoms. The van der Waals surface area contributed by atoms with Crippen molar-refractivity contribution < 1.29 is 14.1 Å². The number of benzene rings is 2. The van der Waals surface area contributed by atoms with Gasteiger partial charge in [0, 0.05) is 54.5 Å². The third-order valence-corrected chi connectivity index (χ3v) is 6.82. The van der Waals surface area contributed by atoms with Crippen molar-refractivity contribution in [2.75, 3.05) is 37.6 Å². The summed E-state index contributed by atoms with van der Waals surface area (Å²) < 4.78 is 14.1. The lowest BCUT2D eigenvalue weighted by Gasteiger charge is -2.37. The van der Waals surface area contributed by atoms with Crippen molar-refractivity contribution in [2.45, 2.75) is 37.0 Å². The van der Waals surface area contributed by atoms with E-state index in [9.17, 15) is 19.3 Å². The minimum absolute atomic E-state index is 0.0125. The zero-order valence-corrected chi connectivity index (χ0v) is 19.4. The molecule has 1 aliphatic rings. The number of piperazine rings is 1. The first-order valence-electron chi connectivity index (χ1n) is 10.8. The molecule has 1 aliphatic heterocycles. The van der Waals surface area contributed by atoms with Crippen LogP contribution in [0.1, 0.15) is 32.4 Å². The number of hydrogen-bond acceptors (Lipinski definition) is 6. The zero-order valence-electron chi connectivity index (χ0n) is 18.6. The summed E-state index contributed by atoms with van der Waals surface area (Å²) in [6, 6.07) is 10.5. The molecule has 7 nitrogen and oxygen atoms in total. The van der Waals surface area contributed by atoms with Crippen LogP contribution in [-0.2, 0) is 4.79 Å². The smallest absolute Gasteiger partial charge is 0.269 e. The average Bonchev–Trinajstić information content (AvgIpc) is 2.79. The Hall–Kier alpha value is -2.65. The minimum atomic E-state index is -0.453. The first-order chi connectivity index (χ1) is 15.3. The van der Waals surface area contributed by atoms with Gasteiger partial charge in [-0.2, -0.15) is 0 Å². The number of nitro benzene ring substituents is 1. The monoisotopic (exact) mass is 460 g/mol. The van der Waals surface area contributed by atoms with E-state index in [0.29, 0.717) is 0 Å². The molecule has 1 fully saturated rings. The second-order valence-corrected chi connectivity index (χ2v) is 9.28. The largest absolute Gasteiger partial charge is 0.369 e. The Kier molecular flexibility index (Phi) is 8.09. The highest BCUT2D eigenvalue weighted by Crippen LogP contribution is 2.30. The van der Waals surface area contributed by atoms with E-state index in [1.165, 1.54) is 36.0 Å². The predicted octanol–water partition coefficient (Wildman–Crippen LogP) is 4.23. The molecular weight excluding hydrogens is 431 g/mol. The second kappa shape index (κ2) is 10.8. The molecule has 2 aromatic carbocycles. The highest BCUT2D eigenvalue weighted by atomic mass is 32.2. The van der Waals surface area contributed by atoms with Crippen LogP contribution in [0, 0.1) is 15.9 Å². The molecule has 32 heavy (non-hydrogen) atoms. The molecule has 0 saturated carbocycles. The molecule has 2 atom stereocenters. The van der Waals surface area contributed by atoms with Crippen molar-refractivity contribution in [3.63, 3.8) is 0 Å². The summed E-state index contributed by atoms with van der Waals surface area (Å²) in [5.74, 6) is -0.503. The van der Waals surface area contributed by atoms with Crippen molar-refractivity contribution in [1.29, 1.82) is 0 Å². The molecule has 172 valence electrons. The predicted molar refractivity (Wildman–Crippen MR) is 126 cm³/mol. The summed E-state index contributed by atoms with van der Waals surface area (Å²) in [4.78, 5) is 28.5. The van der Waals surface area contributed by atoms with Crippen LogP contribution in [-0.4, -0.2) is 53.7 Å². The highest BCUT2D eigenvalue weighted by Gasteiger charge is 2.23. The molecule has 1 amide bonds. The summed E-state index contributed by atoms with van der Waals surface area (Å²) in [6.45, 7) is 10.4. The number of amides is 1. The Labute approximate surface area is 192 Å². The van der Waals surface area contributed by atoms with Gasteiger partial charge in [0.1, 0.15) is 5.82 Å². The molecule has 1 N–H and O–H groups in total. The first kappa shape index (κ1) is 24.0. The van der Waals surface area contributed by atoms with Crippen molar-refractivity contribution in [3.05, 3.63) is 64.0 Å².